The van der Waals surface area contributed by atoms with Gasteiger partial charge in [-0.2, -0.15) is 0 Å². The van der Waals surface area contributed by atoms with E-state index in [2.05, 4.69) is 4.90 Å². The summed E-state index contributed by atoms with van der Waals surface area (Å²) in [6.45, 7) is 2.66. The van der Waals surface area contributed by atoms with Crippen LogP contribution >= 0.6 is 0 Å². The van der Waals surface area contributed by atoms with E-state index >= 15 is 0 Å². The SMILES string of the molecule is COc1ccc(C=C2Oc3cc(OCCN4CCCCC4CCO)ccc3C2=O)cc1. The molecule has 1 atom stereocenters. The maximum Gasteiger partial charge on any atom is 0.231 e. The molecule has 6 heteroatoms. The molecule has 0 saturated carbocycles. The normalized spacial score (nSPS) is 19.9. The smallest absolute Gasteiger partial charge is 0.231 e. The van der Waals surface area contributed by atoms with Gasteiger partial charge < -0.3 is 19.3 Å². The number of benzene rings is 2. The van der Waals surface area contributed by atoms with Gasteiger partial charge in [-0.15, -0.1) is 0 Å². The molecule has 2 aromatic carbocycles. The number of ether oxygens (including phenoxy) is 3. The van der Waals surface area contributed by atoms with Crippen molar-refractivity contribution in [1.29, 1.82) is 0 Å². The number of methoxy groups -OCH3 is 1. The lowest BCUT2D eigenvalue weighted by atomic mass is 10.00. The van der Waals surface area contributed by atoms with Gasteiger partial charge in [-0.25, -0.2) is 0 Å². The van der Waals surface area contributed by atoms with Crippen LogP contribution in [0, 0.1) is 0 Å². The van der Waals surface area contributed by atoms with Crippen molar-refractivity contribution in [2.45, 2.75) is 31.7 Å². The van der Waals surface area contributed by atoms with Crippen LogP contribution in [0.15, 0.2) is 48.2 Å². The summed E-state index contributed by atoms with van der Waals surface area (Å²) in [7, 11) is 1.62. The molecule has 0 radical (unpaired) electrons. The number of rotatable bonds is 8. The Kier molecular flexibility index (Phi) is 6.89. The Bertz CT molecular complexity index is 935. The van der Waals surface area contributed by atoms with Crippen molar-refractivity contribution in [2.75, 3.05) is 33.4 Å². The van der Waals surface area contributed by atoms with Crippen LogP contribution < -0.4 is 14.2 Å². The highest BCUT2D eigenvalue weighted by molar-refractivity contribution is 6.14. The largest absolute Gasteiger partial charge is 0.497 e. The van der Waals surface area contributed by atoms with Gasteiger partial charge in [0.25, 0.3) is 0 Å². The monoisotopic (exact) mass is 423 g/mol. The van der Waals surface area contributed by atoms with E-state index in [0.717, 1.165) is 37.2 Å². The van der Waals surface area contributed by atoms with Crippen LogP contribution in [0.3, 0.4) is 0 Å². The van der Waals surface area contributed by atoms with E-state index in [1.54, 1.807) is 25.3 Å². The number of carbonyl (C=O) groups excluding carboxylic acids is 1. The summed E-state index contributed by atoms with van der Waals surface area (Å²) in [5.74, 6) is 2.15. The Labute approximate surface area is 183 Å². The number of fused-ring (bicyclic) bond motifs is 1. The molecule has 0 aromatic heterocycles. The van der Waals surface area contributed by atoms with E-state index in [4.69, 9.17) is 14.2 Å². The van der Waals surface area contributed by atoms with Crippen LogP contribution in [0.5, 0.6) is 17.2 Å². The summed E-state index contributed by atoms with van der Waals surface area (Å²) in [5.41, 5.74) is 1.42. The van der Waals surface area contributed by atoms with E-state index in [9.17, 15) is 9.90 Å². The predicted molar refractivity (Wildman–Crippen MR) is 119 cm³/mol. The van der Waals surface area contributed by atoms with Gasteiger partial charge in [0.1, 0.15) is 23.9 Å². The number of allylic oxidation sites excluding steroid dienone is 1. The standard InChI is InChI=1S/C25H29NO5/c1-29-20-7-5-18(6-8-20)16-24-25(28)22-10-9-21(17-23(22)31-24)30-15-13-26-12-3-2-4-19(26)11-14-27/h5-10,16-17,19,27H,2-4,11-15H2,1H3. The Morgan fingerprint density at radius 1 is 1.16 bits per heavy atom. The highest BCUT2D eigenvalue weighted by atomic mass is 16.5. The molecule has 6 nitrogen and oxygen atoms in total. The molecular weight excluding hydrogens is 394 g/mol. The fourth-order valence-electron chi connectivity index (χ4n) is 4.22. The number of Topliss-reactive ketones (excluding diaryl/α,β-unsaturated/α-hetero) is 1. The van der Waals surface area contributed by atoms with Gasteiger partial charge in [-0.05, 0) is 61.7 Å². The number of aliphatic hydroxyl groups excluding tert-OH is 1. The van der Waals surface area contributed by atoms with E-state index in [1.807, 2.05) is 30.3 Å². The van der Waals surface area contributed by atoms with Crippen molar-refractivity contribution in [3.05, 3.63) is 59.4 Å². The molecule has 0 amide bonds. The van der Waals surface area contributed by atoms with Gasteiger partial charge in [-0.3, -0.25) is 9.69 Å². The van der Waals surface area contributed by atoms with Gasteiger partial charge in [0.2, 0.25) is 5.78 Å². The van der Waals surface area contributed by atoms with Gasteiger partial charge in [0.05, 0.1) is 12.7 Å². The van der Waals surface area contributed by atoms with Crippen LogP contribution in [0.4, 0.5) is 0 Å². The van der Waals surface area contributed by atoms with Crippen molar-refractivity contribution in [1.82, 2.24) is 4.90 Å². The summed E-state index contributed by atoms with van der Waals surface area (Å²) in [5, 5.41) is 9.28. The van der Waals surface area contributed by atoms with Crippen LogP contribution in [0.25, 0.3) is 6.08 Å². The van der Waals surface area contributed by atoms with Crippen molar-refractivity contribution < 1.29 is 24.1 Å². The molecule has 1 N–H and O–H groups in total. The van der Waals surface area contributed by atoms with Crippen molar-refractivity contribution in [2.24, 2.45) is 0 Å². The number of carbonyl (C=O) groups is 1. The quantitative estimate of drug-likeness (QED) is 0.649. The highest BCUT2D eigenvalue weighted by Gasteiger charge is 2.28. The first kappa shape index (κ1) is 21.4. The molecule has 0 aliphatic carbocycles. The third kappa shape index (κ3) is 5.09. The second-order valence-corrected chi connectivity index (χ2v) is 7.92. The molecule has 2 heterocycles. The zero-order valence-electron chi connectivity index (χ0n) is 17.9. The molecular formula is C25H29NO5. The predicted octanol–water partition coefficient (Wildman–Crippen LogP) is 3.93. The van der Waals surface area contributed by atoms with Crippen molar-refractivity contribution in [3.8, 4) is 17.2 Å². The van der Waals surface area contributed by atoms with Crippen LogP contribution in [-0.4, -0.2) is 55.2 Å². The molecule has 0 bridgehead atoms. The number of hydrogen-bond donors (Lipinski definition) is 1. The molecule has 2 aliphatic rings. The lowest BCUT2D eigenvalue weighted by Crippen LogP contribution is -2.42. The summed E-state index contributed by atoms with van der Waals surface area (Å²) in [6.07, 6.45) is 6.11. The number of likely N-dealkylation sites (tertiary alicyclic amines) is 1. The zero-order chi connectivity index (χ0) is 21.6. The Morgan fingerprint density at radius 3 is 2.74 bits per heavy atom. The van der Waals surface area contributed by atoms with E-state index in [0.29, 0.717) is 35.5 Å². The summed E-state index contributed by atoms with van der Waals surface area (Å²) in [6, 6.07) is 13.2. The second kappa shape index (κ2) is 9.98. The lowest BCUT2D eigenvalue weighted by molar-refractivity contribution is 0.101. The molecule has 1 fully saturated rings. The number of ketones is 1. The first-order chi connectivity index (χ1) is 15.2. The van der Waals surface area contributed by atoms with E-state index in [-0.39, 0.29) is 12.4 Å². The van der Waals surface area contributed by atoms with Crippen LogP contribution in [0.2, 0.25) is 0 Å². The minimum atomic E-state index is -0.127. The topological polar surface area (TPSA) is 68.2 Å². The molecule has 2 aromatic rings. The minimum Gasteiger partial charge on any atom is -0.497 e. The summed E-state index contributed by atoms with van der Waals surface area (Å²) >= 11 is 0. The summed E-state index contributed by atoms with van der Waals surface area (Å²) in [4.78, 5) is 15.1. The number of hydrogen-bond acceptors (Lipinski definition) is 6. The summed E-state index contributed by atoms with van der Waals surface area (Å²) < 4.78 is 16.9. The molecule has 31 heavy (non-hydrogen) atoms. The third-order valence-corrected chi connectivity index (χ3v) is 5.91. The molecule has 164 valence electrons. The Balaban J connectivity index is 1.37. The van der Waals surface area contributed by atoms with Gasteiger partial charge >= 0.3 is 0 Å². The second-order valence-electron chi connectivity index (χ2n) is 7.92. The third-order valence-electron chi connectivity index (χ3n) is 5.91. The first-order valence-electron chi connectivity index (χ1n) is 10.9. The lowest BCUT2D eigenvalue weighted by Gasteiger charge is -2.35. The van der Waals surface area contributed by atoms with Crippen LogP contribution in [0.1, 0.15) is 41.6 Å². The molecule has 2 aliphatic heterocycles. The Hall–Kier alpha value is -2.83. The zero-order valence-corrected chi connectivity index (χ0v) is 17.9. The van der Waals surface area contributed by atoms with Gasteiger partial charge in [0.15, 0.2) is 5.76 Å². The van der Waals surface area contributed by atoms with E-state index in [1.165, 1.54) is 12.8 Å². The maximum atomic E-state index is 12.7. The van der Waals surface area contributed by atoms with Crippen molar-refractivity contribution in [3.63, 3.8) is 0 Å². The number of nitrogens with zero attached hydrogens (tertiary/aromatic N) is 1. The van der Waals surface area contributed by atoms with Gasteiger partial charge in [-0.1, -0.05) is 18.6 Å². The maximum absolute atomic E-state index is 12.7. The fraction of sp³-hybridized carbons (Fsp3) is 0.400. The fourth-order valence-corrected chi connectivity index (χ4v) is 4.22. The first-order valence-corrected chi connectivity index (χ1v) is 10.9. The van der Waals surface area contributed by atoms with Crippen molar-refractivity contribution >= 4 is 11.9 Å². The van der Waals surface area contributed by atoms with E-state index < -0.39 is 0 Å². The highest BCUT2D eigenvalue weighted by Crippen LogP contribution is 2.35. The molecule has 1 unspecified atom stereocenters. The number of aliphatic hydroxyl groups is 1. The average molecular weight is 424 g/mol. The molecule has 1 saturated heterocycles. The Morgan fingerprint density at radius 2 is 1.97 bits per heavy atom. The average Bonchev–Trinajstić information content (AvgIpc) is 3.10. The number of piperidine rings is 1. The molecule has 4 rings (SSSR count). The van der Waals surface area contributed by atoms with Crippen LogP contribution in [-0.2, 0) is 0 Å². The minimum absolute atomic E-state index is 0.127. The molecule has 0 spiro atoms. The van der Waals surface area contributed by atoms with Gasteiger partial charge in [0, 0.05) is 25.3 Å².